The number of H-pyrrole nitrogens is 1. The lowest BCUT2D eigenvalue weighted by atomic mass is 9.95. The van der Waals surface area contributed by atoms with Crippen molar-refractivity contribution in [3.05, 3.63) is 44.5 Å². The number of rotatable bonds is 10. The molecule has 0 spiro atoms. The van der Waals surface area contributed by atoms with Crippen LogP contribution in [-0.4, -0.2) is 77.3 Å². The van der Waals surface area contributed by atoms with E-state index in [1.165, 1.54) is 0 Å². The van der Waals surface area contributed by atoms with Gasteiger partial charge in [0.1, 0.15) is 19.5 Å². The van der Waals surface area contributed by atoms with Crippen LogP contribution in [0.1, 0.15) is 55.3 Å². The van der Waals surface area contributed by atoms with Gasteiger partial charge in [-0.25, -0.2) is 9.07 Å². The maximum Gasteiger partial charge on any atom is 0.296 e. The van der Waals surface area contributed by atoms with E-state index in [9.17, 15) is 9.18 Å². The highest BCUT2D eigenvalue weighted by Gasteiger charge is 2.49. The Hall–Kier alpha value is -2.47. The normalized spacial score (nSPS) is 26.8. The molecule has 1 aromatic carbocycles. The molecule has 0 unspecified atom stereocenters. The Balaban J connectivity index is 1.17. The number of halogens is 2. The molecule has 1 N–H and O–H groups in total. The number of benzene rings is 1. The Kier molecular flexibility index (Phi) is 7.82. The van der Waals surface area contributed by atoms with Crippen LogP contribution in [0.25, 0.3) is 10.9 Å². The first kappa shape index (κ1) is 30.2. The molecule has 2 saturated heterocycles. The average molecular weight is 643 g/mol. The molecule has 7 rings (SSSR count). The zero-order chi connectivity index (χ0) is 30.8. The summed E-state index contributed by atoms with van der Waals surface area (Å²) in [5, 5.41) is 6.53. The molecular formula is C32H44ClFN6O3Si. The fourth-order valence-corrected chi connectivity index (χ4v) is 8.65. The number of ether oxygens (including phenoxy) is 2. The van der Waals surface area contributed by atoms with Crippen LogP contribution < -0.4 is 15.2 Å². The van der Waals surface area contributed by atoms with Gasteiger partial charge in [0.2, 0.25) is 0 Å². The van der Waals surface area contributed by atoms with Crippen molar-refractivity contribution in [3.8, 4) is 6.01 Å². The zero-order valence-corrected chi connectivity index (χ0v) is 28.1. The van der Waals surface area contributed by atoms with Crippen LogP contribution >= 0.6 is 11.6 Å². The minimum absolute atomic E-state index is 0.157. The molecule has 5 heterocycles. The minimum atomic E-state index is -1.19. The molecule has 12 heteroatoms. The zero-order valence-electron chi connectivity index (χ0n) is 26.3. The van der Waals surface area contributed by atoms with E-state index in [1.54, 1.807) is 0 Å². The van der Waals surface area contributed by atoms with Gasteiger partial charge in [-0.3, -0.25) is 14.7 Å². The first-order chi connectivity index (χ1) is 21.0. The van der Waals surface area contributed by atoms with Crippen LogP contribution in [0.2, 0.25) is 30.7 Å². The summed E-state index contributed by atoms with van der Waals surface area (Å²) in [5.41, 5.74) is 4.16. The molecule has 9 nitrogen and oxygen atoms in total. The fourth-order valence-electron chi connectivity index (χ4n) is 7.56. The molecule has 3 aliphatic heterocycles. The second kappa shape index (κ2) is 11.4. The molecule has 3 fully saturated rings. The van der Waals surface area contributed by atoms with Gasteiger partial charge in [-0.2, -0.15) is 10.1 Å². The second-order valence-corrected chi connectivity index (χ2v) is 20.7. The average Bonchev–Trinajstić information content (AvgIpc) is 3.23. The van der Waals surface area contributed by atoms with Crippen LogP contribution in [-0.2, 0) is 24.4 Å². The SMILES string of the molecule is C[C@@H]1C[C@@H]1c1c(Cl)cc2c(cnn2COCC[Si](C)(C)C)c1N1CCc2c(nc(OC[C@@]34CCCN3C[C@H](F)C4)[nH]c2=O)C1. The Morgan fingerprint density at radius 2 is 2.09 bits per heavy atom. The Labute approximate surface area is 264 Å². The van der Waals surface area contributed by atoms with Crippen LogP contribution in [0, 0.1) is 5.92 Å². The maximum absolute atomic E-state index is 14.3. The van der Waals surface area contributed by atoms with Gasteiger partial charge in [-0.15, -0.1) is 0 Å². The highest BCUT2D eigenvalue weighted by atomic mass is 35.5. The lowest BCUT2D eigenvalue weighted by molar-refractivity contribution is 0.0817. The maximum atomic E-state index is 14.3. The number of aromatic amines is 1. The molecule has 238 valence electrons. The second-order valence-electron chi connectivity index (χ2n) is 14.7. The third kappa shape index (κ3) is 5.69. The molecule has 3 aromatic rings. The molecule has 4 atom stereocenters. The highest BCUT2D eigenvalue weighted by molar-refractivity contribution is 6.76. The number of alkyl halides is 1. The van der Waals surface area contributed by atoms with Gasteiger partial charge in [0.25, 0.3) is 11.6 Å². The number of fused-ring (bicyclic) bond motifs is 3. The quantitative estimate of drug-likeness (QED) is 0.223. The Morgan fingerprint density at radius 3 is 2.86 bits per heavy atom. The first-order valence-corrected chi connectivity index (χ1v) is 20.2. The van der Waals surface area contributed by atoms with Crippen LogP contribution in [0.4, 0.5) is 10.1 Å². The smallest absolute Gasteiger partial charge is 0.296 e. The third-order valence-corrected chi connectivity index (χ3v) is 12.2. The Morgan fingerprint density at radius 1 is 1.27 bits per heavy atom. The van der Waals surface area contributed by atoms with Crippen molar-refractivity contribution >= 4 is 36.3 Å². The van der Waals surface area contributed by atoms with Crippen molar-refractivity contribution in [3.63, 3.8) is 0 Å². The number of hydrogen-bond donors (Lipinski definition) is 1. The van der Waals surface area contributed by atoms with Crippen molar-refractivity contribution in [1.82, 2.24) is 24.6 Å². The number of aromatic nitrogens is 4. The molecule has 2 aromatic heterocycles. The van der Waals surface area contributed by atoms with Gasteiger partial charge >= 0.3 is 0 Å². The van der Waals surface area contributed by atoms with E-state index < -0.39 is 14.2 Å². The van der Waals surface area contributed by atoms with E-state index in [4.69, 9.17) is 31.2 Å². The summed E-state index contributed by atoms with van der Waals surface area (Å²) >= 11 is 7.06. The predicted molar refractivity (Wildman–Crippen MR) is 174 cm³/mol. The highest BCUT2D eigenvalue weighted by Crippen LogP contribution is 2.54. The summed E-state index contributed by atoms with van der Waals surface area (Å²) in [4.78, 5) is 25.4. The van der Waals surface area contributed by atoms with Crippen LogP contribution in [0.3, 0.4) is 0 Å². The summed E-state index contributed by atoms with van der Waals surface area (Å²) in [6, 6.07) is 3.36. The number of nitrogens with one attached hydrogen (secondary N) is 1. The molecule has 0 amide bonds. The van der Waals surface area contributed by atoms with E-state index in [-0.39, 0.29) is 17.1 Å². The molecule has 0 bridgehead atoms. The molecule has 4 aliphatic rings. The molecule has 0 radical (unpaired) electrons. The molecule has 1 saturated carbocycles. The molecular weight excluding hydrogens is 599 g/mol. The molecule has 44 heavy (non-hydrogen) atoms. The van der Waals surface area contributed by atoms with Crippen LogP contribution in [0.5, 0.6) is 6.01 Å². The van der Waals surface area contributed by atoms with E-state index in [0.717, 1.165) is 71.3 Å². The lowest BCUT2D eigenvalue weighted by Crippen LogP contribution is -2.44. The lowest BCUT2D eigenvalue weighted by Gasteiger charge is -2.33. The summed E-state index contributed by atoms with van der Waals surface area (Å²) < 4.78 is 28.4. The number of anilines is 1. The number of nitrogens with zero attached hydrogens (tertiary/aromatic N) is 5. The largest absolute Gasteiger partial charge is 0.463 e. The minimum Gasteiger partial charge on any atom is -0.463 e. The van der Waals surface area contributed by atoms with Gasteiger partial charge in [-0.05, 0) is 61.7 Å². The monoisotopic (exact) mass is 642 g/mol. The van der Waals surface area contributed by atoms with E-state index in [2.05, 4.69) is 41.3 Å². The van der Waals surface area contributed by atoms with Gasteiger partial charge in [-0.1, -0.05) is 38.2 Å². The fraction of sp³-hybridized carbons (Fsp3) is 0.656. The van der Waals surface area contributed by atoms with Gasteiger partial charge in [0.05, 0.1) is 35.2 Å². The number of hydrogen-bond acceptors (Lipinski definition) is 7. The van der Waals surface area contributed by atoms with Crippen molar-refractivity contribution in [2.24, 2.45) is 5.92 Å². The summed E-state index contributed by atoms with van der Waals surface area (Å²) in [5.74, 6) is 0.959. The van der Waals surface area contributed by atoms with Gasteiger partial charge in [0.15, 0.2) is 0 Å². The van der Waals surface area contributed by atoms with Crippen LogP contribution in [0.15, 0.2) is 17.1 Å². The van der Waals surface area contributed by atoms with E-state index >= 15 is 0 Å². The van der Waals surface area contributed by atoms with E-state index in [1.807, 2.05) is 16.9 Å². The van der Waals surface area contributed by atoms with Gasteiger partial charge in [0, 0.05) is 50.2 Å². The van der Waals surface area contributed by atoms with Gasteiger partial charge < -0.3 is 14.4 Å². The first-order valence-electron chi connectivity index (χ1n) is 16.2. The summed E-state index contributed by atoms with van der Waals surface area (Å²) in [6.07, 6.45) is 5.19. The predicted octanol–water partition coefficient (Wildman–Crippen LogP) is 5.73. The third-order valence-electron chi connectivity index (χ3n) is 10.2. The standard InChI is InChI=1S/C32H44ClFN6O3Si/c1-20-12-23(20)28-25(33)13-27-24(15-35-40(27)19-42-10-11-44(2,3)4)29(28)38-9-6-22-26(17-38)36-31(37-30(22)41)43-18-32-7-5-8-39(32)16-21(34)14-32/h13,15,20-21,23H,5-12,14,16-19H2,1-4H3,(H,36,37,41)/t20-,21-,23+,32+/m1/s1. The van der Waals surface area contributed by atoms with Crippen molar-refractivity contribution in [2.45, 2.75) is 95.6 Å². The van der Waals surface area contributed by atoms with Crippen molar-refractivity contribution < 1.29 is 13.9 Å². The Bertz CT molecular complexity index is 1620. The van der Waals surface area contributed by atoms with E-state index in [0.29, 0.717) is 63.2 Å². The topological polar surface area (TPSA) is 88.5 Å². The van der Waals surface area contributed by atoms with Crippen molar-refractivity contribution in [2.75, 3.05) is 37.7 Å². The summed E-state index contributed by atoms with van der Waals surface area (Å²) in [7, 11) is -1.19. The molecule has 1 aliphatic carbocycles. The van der Waals surface area contributed by atoms with Crippen molar-refractivity contribution in [1.29, 1.82) is 0 Å². The summed E-state index contributed by atoms with van der Waals surface area (Å²) in [6.45, 7) is 13.2.